The molecule has 3 N–H and O–H groups in total. The van der Waals surface area contributed by atoms with E-state index < -0.39 is 97.5 Å². The van der Waals surface area contributed by atoms with Crippen LogP contribution in [0.15, 0.2) is 24.3 Å². The van der Waals surface area contributed by atoms with E-state index in [2.05, 4.69) is 58.9 Å². The molecule has 0 spiro atoms. The van der Waals surface area contributed by atoms with Crippen molar-refractivity contribution in [2.75, 3.05) is 39.6 Å². The predicted molar refractivity (Wildman–Crippen MR) is 358 cm³/mol. The number of rotatable bonds is 68. The Morgan fingerprint density at radius 2 is 0.607 bits per heavy atom. The second-order valence-corrected chi connectivity index (χ2v) is 28.0. The van der Waals surface area contributed by atoms with Crippen molar-refractivity contribution in [1.29, 1.82) is 0 Å². The zero-order valence-electron chi connectivity index (χ0n) is 57.0. The van der Waals surface area contributed by atoms with Crippen LogP contribution in [0.1, 0.15) is 336 Å². The number of esters is 4. The van der Waals surface area contributed by atoms with Crippen LogP contribution in [-0.2, 0) is 65.4 Å². The van der Waals surface area contributed by atoms with Gasteiger partial charge in [0.05, 0.1) is 26.4 Å². The molecule has 0 aliphatic carbocycles. The van der Waals surface area contributed by atoms with Crippen LogP contribution >= 0.6 is 15.6 Å². The average Bonchev–Trinajstić information content (AvgIpc) is 3.55. The van der Waals surface area contributed by atoms with Gasteiger partial charge < -0.3 is 33.8 Å². The molecule has 0 aliphatic heterocycles. The van der Waals surface area contributed by atoms with Crippen molar-refractivity contribution in [3.8, 4) is 0 Å². The van der Waals surface area contributed by atoms with Gasteiger partial charge in [0.25, 0.3) is 0 Å². The maximum atomic E-state index is 13.0. The van der Waals surface area contributed by atoms with Crippen LogP contribution in [0.4, 0.5) is 0 Å². The summed E-state index contributed by atoms with van der Waals surface area (Å²) < 4.78 is 68.0. The topological polar surface area (TPSA) is 237 Å². The lowest BCUT2D eigenvalue weighted by atomic mass is 10.0. The van der Waals surface area contributed by atoms with Gasteiger partial charge in [0.2, 0.25) is 0 Å². The van der Waals surface area contributed by atoms with Crippen LogP contribution in [-0.4, -0.2) is 96.7 Å². The summed E-state index contributed by atoms with van der Waals surface area (Å²) in [5, 5.41) is 10.6. The van der Waals surface area contributed by atoms with Crippen molar-refractivity contribution in [1.82, 2.24) is 0 Å². The number of phosphoric ester groups is 2. The van der Waals surface area contributed by atoms with E-state index >= 15 is 0 Å². The quantitative estimate of drug-likeness (QED) is 0.0169. The minimum absolute atomic E-state index is 0.101. The van der Waals surface area contributed by atoms with E-state index in [9.17, 15) is 43.2 Å². The molecule has 0 heterocycles. The van der Waals surface area contributed by atoms with E-state index in [0.717, 1.165) is 121 Å². The molecule has 89 heavy (non-hydrogen) atoms. The molecule has 0 aromatic heterocycles. The van der Waals surface area contributed by atoms with E-state index in [1.54, 1.807) is 0 Å². The predicted octanol–water partition coefficient (Wildman–Crippen LogP) is 19.7. The number of ether oxygens (including phenoxy) is 4. The number of unbranched alkanes of at least 4 members (excludes halogenated alkanes) is 37. The zero-order chi connectivity index (χ0) is 65.6. The Morgan fingerprint density at radius 1 is 0.348 bits per heavy atom. The van der Waals surface area contributed by atoms with Crippen molar-refractivity contribution < 1.29 is 80.2 Å². The number of phosphoric acid groups is 2. The average molecular weight is 1310 g/mol. The van der Waals surface area contributed by atoms with Gasteiger partial charge in [-0.05, 0) is 57.3 Å². The summed E-state index contributed by atoms with van der Waals surface area (Å²) in [6.07, 6.45) is 52.6. The zero-order valence-corrected chi connectivity index (χ0v) is 58.8. The second kappa shape index (κ2) is 63.0. The second-order valence-electron chi connectivity index (χ2n) is 25.1. The molecule has 0 bridgehead atoms. The summed E-state index contributed by atoms with van der Waals surface area (Å²) in [5.41, 5.74) is 0. The van der Waals surface area contributed by atoms with Gasteiger partial charge in [0.15, 0.2) is 12.2 Å². The molecule has 5 atom stereocenters. The highest BCUT2D eigenvalue weighted by molar-refractivity contribution is 7.47. The molecule has 17 nitrogen and oxygen atoms in total. The molecule has 19 heteroatoms. The minimum atomic E-state index is -4.96. The Bertz CT molecular complexity index is 1810. The first-order valence-electron chi connectivity index (χ1n) is 36.0. The first-order valence-corrected chi connectivity index (χ1v) is 38.9. The molecule has 2 unspecified atom stereocenters. The number of hydrogen-bond acceptors (Lipinski definition) is 15. The molecule has 0 amide bonds. The van der Waals surface area contributed by atoms with Gasteiger partial charge >= 0.3 is 39.5 Å². The summed E-state index contributed by atoms with van der Waals surface area (Å²) in [5.74, 6) is -1.43. The van der Waals surface area contributed by atoms with Crippen LogP contribution in [0.2, 0.25) is 0 Å². The van der Waals surface area contributed by atoms with Crippen LogP contribution in [0.3, 0.4) is 0 Å². The highest BCUT2D eigenvalue weighted by Crippen LogP contribution is 2.45. The van der Waals surface area contributed by atoms with Gasteiger partial charge in [-0.2, -0.15) is 0 Å². The summed E-state index contributed by atoms with van der Waals surface area (Å²) >= 11 is 0. The lowest BCUT2D eigenvalue weighted by Crippen LogP contribution is -2.30. The van der Waals surface area contributed by atoms with E-state index in [0.29, 0.717) is 25.7 Å². The number of hydrogen-bond donors (Lipinski definition) is 3. The van der Waals surface area contributed by atoms with Crippen molar-refractivity contribution in [2.45, 2.75) is 355 Å². The third-order valence-electron chi connectivity index (χ3n) is 15.7. The minimum Gasteiger partial charge on any atom is -0.462 e. The third-order valence-corrected chi connectivity index (χ3v) is 17.6. The Labute approximate surface area is 542 Å². The molecular weight excluding hydrogens is 1170 g/mol. The highest BCUT2D eigenvalue weighted by Gasteiger charge is 2.30. The fourth-order valence-corrected chi connectivity index (χ4v) is 11.7. The van der Waals surface area contributed by atoms with Crippen molar-refractivity contribution in [3.05, 3.63) is 24.3 Å². The Morgan fingerprint density at radius 3 is 0.921 bits per heavy atom. The summed E-state index contributed by atoms with van der Waals surface area (Å²) in [4.78, 5) is 72.2. The van der Waals surface area contributed by atoms with Crippen molar-refractivity contribution in [2.24, 2.45) is 5.92 Å². The number of allylic oxidation sites excluding steroid dienone is 4. The molecule has 0 saturated carbocycles. The molecule has 0 saturated heterocycles. The van der Waals surface area contributed by atoms with Gasteiger partial charge in [-0.15, -0.1) is 0 Å². The van der Waals surface area contributed by atoms with Crippen molar-refractivity contribution in [3.63, 3.8) is 0 Å². The first-order chi connectivity index (χ1) is 43.0. The fraction of sp³-hybridized carbons (Fsp3) is 0.886. The monoisotopic (exact) mass is 1310 g/mol. The molecular formula is C70H132O17P2. The molecule has 0 fully saturated rings. The van der Waals surface area contributed by atoms with Crippen LogP contribution in [0.5, 0.6) is 0 Å². The first kappa shape index (κ1) is 86.5. The standard InChI is InChI=1S/C70H132O17P2/c1-6-9-12-15-17-19-21-23-25-26-28-30-32-36-40-45-50-55-69(74)87-66(60-81-68(73)54-49-44-39-35-31-29-27-24-22-20-18-16-13-10-7-2)62-85-89(78,79)83-58-64(71)57-82-88(76,77)84-61-65(59-80-67(72)53-48-42-14-11-8-3)86-70(75)56-51-46-41-37-33-34-38-43-47-52-63(4)5/h20,22,24,27,63-66,71H,6-19,21,23,25-26,28-62H2,1-5H3,(H,76,77)(H,78,79)/b22-20-,27-24-/t64-,65+,66+/m0/s1. The summed E-state index contributed by atoms with van der Waals surface area (Å²) in [6.45, 7) is 7.06. The lowest BCUT2D eigenvalue weighted by molar-refractivity contribution is -0.161. The van der Waals surface area contributed by atoms with E-state index in [1.807, 2.05) is 0 Å². The van der Waals surface area contributed by atoms with Crippen LogP contribution < -0.4 is 0 Å². The molecule has 0 aliphatic rings. The Kier molecular flexibility index (Phi) is 61.2. The highest BCUT2D eigenvalue weighted by atomic mass is 31.2. The van der Waals surface area contributed by atoms with Gasteiger partial charge in [-0.25, -0.2) is 9.13 Å². The van der Waals surface area contributed by atoms with E-state index in [1.165, 1.54) is 135 Å². The van der Waals surface area contributed by atoms with Crippen LogP contribution in [0, 0.1) is 5.92 Å². The molecule has 0 aromatic carbocycles. The molecule has 0 aromatic rings. The SMILES string of the molecule is CCCCCC/C=C\C=C/CCCCCCCC(=O)OC[C@H](COP(=O)(O)OC[C@@H](O)COP(=O)(O)OC[C@@H](COC(=O)CCCCCCC)OC(=O)CCCCCCCCCCCC(C)C)OC(=O)CCCCCCCCCCCCCCCCCCC. The van der Waals surface area contributed by atoms with Crippen LogP contribution in [0.25, 0.3) is 0 Å². The number of aliphatic hydroxyl groups is 1. The largest absolute Gasteiger partial charge is 0.472 e. The number of carbonyl (C=O) groups excluding carboxylic acids is 4. The summed E-state index contributed by atoms with van der Waals surface area (Å²) in [7, 11) is -9.90. The third kappa shape index (κ3) is 64.1. The normalized spacial score (nSPS) is 14.3. The Hall–Kier alpha value is -2.46. The maximum absolute atomic E-state index is 13.0. The van der Waals surface area contributed by atoms with Gasteiger partial charge in [0.1, 0.15) is 19.3 Å². The number of carbonyl (C=O) groups is 4. The lowest BCUT2D eigenvalue weighted by Gasteiger charge is -2.21. The van der Waals surface area contributed by atoms with Crippen molar-refractivity contribution >= 4 is 39.5 Å². The Balaban J connectivity index is 5.20. The summed E-state index contributed by atoms with van der Waals surface area (Å²) in [6, 6.07) is 0. The molecule has 0 radical (unpaired) electrons. The smallest absolute Gasteiger partial charge is 0.462 e. The molecule has 524 valence electrons. The van der Waals surface area contributed by atoms with E-state index in [4.69, 9.17) is 37.0 Å². The van der Waals surface area contributed by atoms with Gasteiger partial charge in [0, 0.05) is 25.7 Å². The van der Waals surface area contributed by atoms with E-state index in [-0.39, 0.29) is 25.7 Å². The number of aliphatic hydroxyl groups excluding tert-OH is 1. The fourth-order valence-electron chi connectivity index (χ4n) is 10.1. The molecule has 0 rings (SSSR count). The van der Waals surface area contributed by atoms with Gasteiger partial charge in [-0.1, -0.05) is 284 Å². The maximum Gasteiger partial charge on any atom is 0.472 e. The van der Waals surface area contributed by atoms with Gasteiger partial charge in [-0.3, -0.25) is 37.3 Å².